The van der Waals surface area contributed by atoms with Crippen LogP contribution in [0.1, 0.15) is 29.3 Å². The predicted molar refractivity (Wildman–Crippen MR) is 81.1 cm³/mol. The predicted octanol–water partition coefficient (Wildman–Crippen LogP) is 3.28. The van der Waals surface area contributed by atoms with Gasteiger partial charge in [0, 0.05) is 18.4 Å². The molecule has 0 radical (unpaired) electrons. The van der Waals surface area contributed by atoms with Crippen molar-refractivity contribution in [2.45, 2.75) is 24.7 Å². The van der Waals surface area contributed by atoms with Crippen LogP contribution in [0, 0.1) is 11.3 Å². The molecule has 1 aliphatic rings. The number of hydrogen-bond acceptors (Lipinski definition) is 4. The fraction of sp³-hybridized carbons (Fsp3) is 0.294. The molecular formula is C17H14F3N3O. The molecule has 0 bridgehead atoms. The van der Waals surface area contributed by atoms with Gasteiger partial charge < -0.3 is 10.0 Å². The van der Waals surface area contributed by atoms with E-state index in [1.165, 1.54) is 12.3 Å². The van der Waals surface area contributed by atoms with Gasteiger partial charge in [-0.3, -0.25) is 0 Å². The molecule has 124 valence electrons. The highest BCUT2D eigenvalue weighted by Gasteiger charge is 2.35. The van der Waals surface area contributed by atoms with E-state index in [0.717, 1.165) is 12.1 Å². The van der Waals surface area contributed by atoms with Crippen molar-refractivity contribution >= 4 is 5.69 Å². The van der Waals surface area contributed by atoms with E-state index in [9.17, 15) is 18.3 Å². The maximum atomic E-state index is 12.9. The lowest BCUT2D eigenvalue weighted by atomic mass is 10.0. The van der Waals surface area contributed by atoms with Crippen LogP contribution in [0.2, 0.25) is 0 Å². The van der Waals surface area contributed by atoms with Crippen LogP contribution in [0.4, 0.5) is 18.9 Å². The van der Waals surface area contributed by atoms with Gasteiger partial charge in [0.05, 0.1) is 17.7 Å². The van der Waals surface area contributed by atoms with E-state index in [1.807, 2.05) is 11.0 Å². The van der Waals surface area contributed by atoms with Crippen molar-refractivity contribution in [2.75, 3.05) is 11.4 Å². The van der Waals surface area contributed by atoms with Gasteiger partial charge >= 0.3 is 6.18 Å². The Morgan fingerprint density at radius 2 is 2.04 bits per heavy atom. The van der Waals surface area contributed by atoms with Crippen molar-refractivity contribution in [2.24, 2.45) is 0 Å². The van der Waals surface area contributed by atoms with Crippen LogP contribution in [-0.2, 0) is 6.18 Å². The van der Waals surface area contributed by atoms with Gasteiger partial charge in [0.1, 0.15) is 11.8 Å². The highest BCUT2D eigenvalue weighted by molar-refractivity contribution is 5.52. The summed E-state index contributed by atoms with van der Waals surface area (Å²) in [5, 5.41) is 19.0. The van der Waals surface area contributed by atoms with Crippen LogP contribution in [0.25, 0.3) is 0 Å². The molecule has 0 spiro atoms. The number of aliphatic hydroxyl groups excluding tert-OH is 1. The van der Waals surface area contributed by atoms with Gasteiger partial charge in [0.2, 0.25) is 0 Å². The summed E-state index contributed by atoms with van der Waals surface area (Å²) in [7, 11) is 0. The number of hydrogen-bond donors (Lipinski definition) is 1. The van der Waals surface area contributed by atoms with Crippen molar-refractivity contribution < 1.29 is 18.3 Å². The summed E-state index contributed by atoms with van der Waals surface area (Å²) in [6.45, 7) is 0.287. The van der Waals surface area contributed by atoms with Crippen LogP contribution in [0.5, 0.6) is 0 Å². The van der Waals surface area contributed by atoms with Gasteiger partial charge in [-0.2, -0.15) is 18.4 Å². The second-order valence-electron chi connectivity index (χ2n) is 5.69. The van der Waals surface area contributed by atoms with Gasteiger partial charge in [0.25, 0.3) is 0 Å². The van der Waals surface area contributed by atoms with E-state index in [2.05, 4.69) is 4.98 Å². The molecule has 2 atom stereocenters. The quantitative estimate of drug-likeness (QED) is 0.916. The molecule has 24 heavy (non-hydrogen) atoms. The number of benzene rings is 1. The lowest BCUT2D eigenvalue weighted by Crippen LogP contribution is -2.24. The molecule has 1 aliphatic heterocycles. The number of nitriles is 1. The number of aromatic nitrogens is 1. The minimum Gasteiger partial charge on any atom is -0.391 e. The Kier molecular flexibility index (Phi) is 4.16. The average Bonchev–Trinajstić information content (AvgIpc) is 2.96. The van der Waals surface area contributed by atoms with Crippen molar-refractivity contribution in [1.82, 2.24) is 4.98 Å². The number of nitrogens with zero attached hydrogens (tertiary/aromatic N) is 3. The summed E-state index contributed by atoms with van der Waals surface area (Å²) in [6, 6.07) is 9.92. The third-order valence-corrected chi connectivity index (χ3v) is 4.07. The molecule has 0 saturated carbocycles. The van der Waals surface area contributed by atoms with Crippen molar-refractivity contribution in [3.63, 3.8) is 0 Å². The topological polar surface area (TPSA) is 60.2 Å². The molecule has 1 saturated heterocycles. The average molecular weight is 333 g/mol. The van der Waals surface area contributed by atoms with E-state index < -0.39 is 23.9 Å². The molecule has 1 fully saturated rings. The molecule has 0 unspecified atom stereocenters. The van der Waals surface area contributed by atoms with E-state index in [0.29, 0.717) is 17.7 Å². The summed E-state index contributed by atoms with van der Waals surface area (Å²) in [6.07, 6.45) is -3.26. The molecule has 1 aromatic heterocycles. The normalized spacial score (nSPS) is 20.9. The zero-order chi connectivity index (χ0) is 17.3. The molecular weight excluding hydrogens is 319 g/mol. The van der Waals surface area contributed by atoms with E-state index >= 15 is 0 Å². The summed E-state index contributed by atoms with van der Waals surface area (Å²) in [4.78, 5) is 5.70. The Morgan fingerprint density at radius 1 is 1.25 bits per heavy atom. The summed E-state index contributed by atoms with van der Waals surface area (Å²) in [5.41, 5.74) is 0.641. The summed E-state index contributed by atoms with van der Waals surface area (Å²) in [5.74, 6) is 0. The third-order valence-electron chi connectivity index (χ3n) is 4.07. The number of pyridine rings is 1. The number of aliphatic hydroxyl groups is 1. The molecule has 2 heterocycles. The molecule has 4 nitrogen and oxygen atoms in total. The lowest BCUT2D eigenvalue weighted by molar-refractivity contribution is -0.137. The first-order valence-corrected chi connectivity index (χ1v) is 7.36. The lowest BCUT2D eigenvalue weighted by Gasteiger charge is -2.27. The zero-order valence-electron chi connectivity index (χ0n) is 12.5. The number of anilines is 1. The van der Waals surface area contributed by atoms with Crippen molar-refractivity contribution in [3.05, 3.63) is 59.4 Å². The highest BCUT2D eigenvalue weighted by atomic mass is 19.4. The van der Waals surface area contributed by atoms with Crippen molar-refractivity contribution in [1.29, 1.82) is 5.26 Å². The minimum atomic E-state index is -4.41. The summed E-state index contributed by atoms with van der Waals surface area (Å²) < 4.78 is 38.8. The maximum Gasteiger partial charge on any atom is 0.416 e. The molecule has 1 N–H and O–H groups in total. The Hall–Kier alpha value is -2.59. The summed E-state index contributed by atoms with van der Waals surface area (Å²) >= 11 is 0. The zero-order valence-corrected chi connectivity index (χ0v) is 12.5. The molecule has 0 aliphatic carbocycles. The first-order chi connectivity index (χ1) is 11.4. The van der Waals surface area contributed by atoms with Gasteiger partial charge in [-0.1, -0.05) is 12.1 Å². The Morgan fingerprint density at radius 3 is 2.75 bits per heavy atom. The molecule has 3 rings (SSSR count). The van der Waals surface area contributed by atoms with Crippen LogP contribution in [0.3, 0.4) is 0 Å². The minimum absolute atomic E-state index is 0.219. The highest BCUT2D eigenvalue weighted by Crippen LogP contribution is 2.38. The second-order valence-corrected chi connectivity index (χ2v) is 5.69. The SMILES string of the molecule is N#Cc1cc(N2C[C@H](O)C[C@H]2c2cccc(C(F)(F)F)c2)ccn1. The number of halogens is 3. The fourth-order valence-electron chi connectivity index (χ4n) is 3.00. The Bertz CT molecular complexity index is 785. The Labute approximate surface area is 136 Å². The Balaban J connectivity index is 1.98. The van der Waals surface area contributed by atoms with Gasteiger partial charge in [-0.05, 0) is 36.2 Å². The monoisotopic (exact) mass is 333 g/mol. The number of rotatable bonds is 2. The van der Waals surface area contributed by atoms with Crippen LogP contribution in [0.15, 0.2) is 42.6 Å². The first kappa shape index (κ1) is 16.3. The van der Waals surface area contributed by atoms with Gasteiger partial charge in [-0.15, -0.1) is 0 Å². The van der Waals surface area contributed by atoms with Gasteiger partial charge in [0.15, 0.2) is 0 Å². The number of β-amino-alcohol motifs (C(OH)–C–C–N with tert-alkyl or cyclic N) is 1. The number of alkyl halides is 3. The van der Waals surface area contributed by atoms with Crippen molar-refractivity contribution in [3.8, 4) is 6.07 Å². The van der Waals surface area contributed by atoms with Crippen LogP contribution >= 0.6 is 0 Å². The maximum absolute atomic E-state index is 12.9. The van der Waals surface area contributed by atoms with Crippen LogP contribution in [-0.4, -0.2) is 22.7 Å². The van der Waals surface area contributed by atoms with Gasteiger partial charge in [-0.25, -0.2) is 4.98 Å². The molecule has 2 aromatic rings. The van der Waals surface area contributed by atoms with E-state index in [4.69, 9.17) is 5.26 Å². The van der Waals surface area contributed by atoms with E-state index in [-0.39, 0.29) is 12.2 Å². The smallest absolute Gasteiger partial charge is 0.391 e. The fourth-order valence-corrected chi connectivity index (χ4v) is 3.00. The molecule has 7 heteroatoms. The van der Waals surface area contributed by atoms with E-state index in [1.54, 1.807) is 18.2 Å². The standard InChI is InChI=1S/C17H14F3N3O/c18-17(19,20)12-3-1-2-11(6-12)16-8-15(24)10-23(16)14-4-5-22-13(7-14)9-21/h1-7,15-16,24H,8,10H2/t15-,16+/m1/s1. The van der Waals surface area contributed by atoms with Crippen LogP contribution < -0.4 is 4.90 Å². The molecule has 1 aromatic carbocycles. The first-order valence-electron chi connectivity index (χ1n) is 7.36. The largest absolute Gasteiger partial charge is 0.416 e. The molecule has 0 amide bonds. The second kappa shape index (κ2) is 6.13. The third kappa shape index (κ3) is 3.19.